The molecule has 0 bridgehead atoms. The first kappa shape index (κ1) is 18.5. The third-order valence-corrected chi connectivity index (χ3v) is 5.17. The van der Waals surface area contributed by atoms with E-state index in [-0.39, 0.29) is 16.3 Å². The molecular weight excluding hydrogens is 374 g/mol. The fourth-order valence-corrected chi connectivity index (χ4v) is 3.30. The van der Waals surface area contributed by atoms with Crippen LogP contribution in [0, 0.1) is 10.1 Å². The van der Waals surface area contributed by atoms with Gasteiger partial charge in [0.2, 0.25) is 10.0 Å². The molecule has 0 radical (unpaired) electrons. The van der Waals surface area contributed by atoms with Gasteiger partial charge in [0, 0.05) is 28.3 Å². The van der Waals surface area contributed by atoms with Crippen molar-refractivity contribution < 1.29 is 13.3 Å². The van der Waals surface area contributed by atoms with E-state index in [0.29, 0.717) is 17.3 Å². The summed E-state index contributed by atoms with van der Waals surface area (Å²) in [6.45, 7) is 0.461. The van der Waals surface area contributed by atoms with Crippen LogP contribution >= 0.6 is 23.4 Å². The summed E-state index contributed by atoms with van der Waals surface area (Å²) in [5.41, 5.74) is -0.0953. The van der Waals surface area contributed by atoms with Crippen molar-refractivity contribution in [1.29, 1.82) is 0 Å². The molecule has 0 aliphatic heterocycles. The predicted octanol–water partition coefficient (Wildman–Crippen LogP) is 3.10. The van der Waals surface area contributed by atoms with Crippen LogP contribution in [0.25, 0.3) is 0 Å². The summed E-state index contributed by atoms with van der Waals surface area (Å²) in [7, 11) is -3.99. The van der Waals surface area contributed by atoms with Gasteiger partial charge in [-0.2, -0.15) is 0 Å². The molecule has 7 nitrogen and oxygen atoms in total. The van der Waals surface area contributed by atoms with Gasteiger partial charge in [-0.1, -0.05) is 11.6 Å². The van der Waals surface area contributed by atoms with Gasteiger partial charge < -0.3 is 5.32 Å². The maximum atomic E-state index is 11.3. The number of nitrogens with two attached hydrogens (primary N) is 1. The van der Waals surface area contributed by atoms with E-state index in [9.17, 15) is 18.5 Å². The van der Waals surface area contributed by atoms with Crippen molar-refractivity contribution in [2.75, 3.05) is 17.6 Å². The maximum absolute atomic E-state index is 11.3. The Balaban J connectivity index is 2.01. The molecule has 0 saturated heterocycles. The van der Waals surface area contributed by atoms with Crippen LogP contribution in [-0.4, -0.2) is 25.6 Å². The van der Waals surface area contributed by atoms with Crippen molar-refractivity contribution in [1.82, 2.24) is 0 Å². The fourth-order valence-electron chi connectivity index (χ4n) is 1.87. The SMILES string of the molecule is NS(=O)(=O)c1ccc(NCCSc2ccc(Cl)cc2)c([N+](=O)[O-])c1. The smallest absolute Gasteiger partial charge is 0.293 e. The van der Waals surface area contributed by atoms with Gasteiger partial charge in [-0.05, 0) is 36.4 Å². The van der Waals surface area contributed by atoms with E-state index in [4.69, 9.17) is 16.7 Å². The first-order valence-electron chi connectivity index (χ1n) is 6.71. The fraction of sp³-hybridized carbons (Fsp3) is 0.143. The van der Waals surface area contributed by atoms with Gasteiger partial charge in [0.25, 0.3) is 5.69 Å². The van der Waals surface area contributed by atoms with Gasteiger partial charge in [-0.3, -0.25) is 10.1 Å². The Bertz CT molecular complexity index is 842. The number of rotatable bonds is 7. The topological polar surface area (TPSA) is 115 Å². The molecule has 0 atom stereocenters. The second kappa shape index (κ2) is 7.84. The Kier molecular flexibility index (Phi) is 6.05. The number of benzene rings is 2. The zero-order valence-electron chi connectivity index (χ0n) is 12.3. The Morgan fingerprint density at radius 2 is 1.88 bits per heavy atom. The van der Waals surface area contributed by atoms with E-state index in [2.05, 4.69) is 5.32 Å². The molecule has 2 aromatic rings. The molecule has 10 heteroatoms. The number of nitro benzene ring substituents is 1. The van der Waals surface area contributed by atoms with Crippen molar-refractivity contribution in [2.45, 2.75) is 9.79 Å². The van der Waals surface area contributed by atoms with Crippen molar-refractivity contribution in [2.24, 2.45) is 5.14 Å². The van der Waals surface area contributed by atoms with Gasteiger partial charge in [-0.25, -0.2) is 13.6 Å². The molecule has 128 valence electrons. The van der Waals surface area contributed by atoms with Crippen molar-refractivity contribution in [3.63, 3.8) is 0 Å². The molecule has 0 aliphatic rings. The molecule has 3 N–H and O–H groups in total. The van der Waals surface area contributed by atoms with Gasteiger partial charge >= 0.3 is 0 Å². The highest BCUT2D eigenvalue weighted by Gasteiger charge is 2.18. The van der Waals surface area contributed by atoms with E-state index < -0.39 is 14.9 Å². The van der Waals surface area contributed by atoms with E-state index >= 15 is 0 Å². The Morgan fingerprint density at radius 1 is 1.21 bits per heavy atom. The third kappa shape index (κ3) is 5.10. The monoisotopic (exact) mass is 387 g/mol. The van der Waals surface area contributed by atoms with Crippen LogP contribution in [0.3, 0.4) is 0 Å². The third-order valence-electron chi connectivity index (χ3n) is 2.99. The van der Waals surface area contributed by atoms with Crippen molar-refractivity contribution in [3.8, 4) is 0 Å². The molecule has 0 heterocycles. The molecule has 0 aliphatic carbocycles. The zero-order chi connectivity index (χ0) is 17.7. The highest BCUT2D eigenvalue weighted by Crippen LogP contribution is 2.27. The number of thioether (sulfide) groups is 1. The molecule has 2 rings (SSSR count). The van der Waals surface area contributed by atoms with Crippen LogP contribution in [0.5, 0.6) is 0 Å². The van der Waals surface area contributed by atoms with Crippen LogP contribution < -0.4 is 10.5 Å². The molecule has 0 saturated carbocycles. The summed E-state index contributed by atoms with van der Waals surface area (Å²) in [6, 6.07) is 10.9. The first-order valence-corrected chi connectivity index (χ1v) is 9.62. The van der Waals surface area contributed by atoms with Gasteiger partial charge in [-0.15, -0.1) is 11.8 Å². The van der Waals surface area contributed by atoms with Gasteiger partial charge in [0.1, 0.15) is 5.69 Å². The number of anilines is 1. The van der Waals surface area contributed by atoms with E-state index in [1.54, 1.807) is 23.9 Å². The number of sulfonamides is 1. The molecular formula is C14H14ClN3O4S2. The number of nitrogens with zero attached hydrogens (tertiary/aromatic N) is 1. The van der Waals surface area contributed by atoms with Crippen LogP contribution in [0.15, 0.2) is 52.3 Å². The van der Waals surface area contributed by atoms with Crippen LogP contribution in [-0.2, 0) is 10.0 Å². The van der Waals surface area contributed by atoms with E-state index in [1.165, 1.54) is 12.1 Å². The van der Waals surface area contributed by atoms with Crippen molar-refractivity contribution >= 4 is 44.8 Å². The lowest BCUT2D eigenvalue weighted by atomic mass is 10.2. The second-order valence-electron chi connectivity index (χ2n) is 4.71. The average Bonchev–Trinajstić information content (AvgIpc) is 2.52. The highest BCUT2D eigenvalue weighted by molar-refractivity contribution is 7.99. The van der Waals surface area contributed by atoms with E-state index in [1.807, 2.05) is 12.1 Å². The minimum atomic E-state index is -3.99. The van der Waals surface area contributed by atoms with Crippen molar-refractivity contribution in [3.05, 3.63) is 57.6 Å². The molecule has 2 aromatic carbocycles. The van der Waals surface area contributed by atoms with Crippen LogP contribution in [0.1, 0.15) is 0 Å². The Morgan fingerprint density at radius 3 is 2.46 bits per heavy atom. The molecule has 24 heavy (non-hydrogen) atoms. The summed E-state index contributed by atoms with van der Waals surface area (Å²) in [5.74, 6) is 0.662. The number of nitro groups is 1. The number of halogens is 1. The molecule has 0 fully saturated rings. The summed E-state index contributed by atoms with van der Waals surface area (Å²) in [6.07, 6.45) is 0. The number of hydrogen-bond donors (Lipinski definition) is 2. The quantitative estimate of drug-likeness (QED) is 0.326. The summed E-state index contributed by atoms with van der Waals surface area (Å²) in [5, 5.41) is 19.7. The van der Waals surface area contributed by atoms with E-state index in [0.717, 1.165) is 11.0 Å². The molecule has 0 spiro atoms. The predicted molar refractivity (Wildman–Crippen MR) is 95.1 cm³/mol. The number of primary sulfonamides is 1. The van der Waals surface area contributed by atoms with Gasteiger partial charge in [0.15, 0.2) is 0 Å². The molecule has 0 aromatic heterocycles. The Hall–Kier alpha value is -1.81. The summed E-state index contributed by atoms with van der Waals surface area (Å²) >= 11 is 7.37. The summed E-state index contributed by atoms with van der Waals surface area (Å²) < 4.78 is 22.6. The average molecular weight is 388 g/mol. The lowest BCUT2D eigenvalue weighted by Crippen LogP contribution is -2.13. The normalized spacial score (nSPS) is 11.2. The zero-order valence-corrected chi connectivity index (χ0v) is 14.7. The lowest BCUT2D eigenvalue weighted by molar-refractivity contribution is -0.384. The first-order chi connectivity index (χ1) is 11.3. The largest absolute Gasteiger partial charge is 0.379 e. The standard InChI is InChI=1S/C14H14ClN3O4S2/c15-10-1-3-11(4-2-10)23-8-7-17-13-6-5-12(24(16,21)22)9-14(13)18(19)20/h1-6,9,17H,7-8H2,(H2,16,21,22). The van der Waals surface area contributed by atoms with Gasteiger partial charge in [0.05, 0.1) is 9.82 Å². The molecule has 0 amide bonds. The molecule has 0 unspecified atom stereocenters. The lowest BCUT2D eigenvalue weighted by Gasteiger charge is -2.08. The number of nitrogens with one attached hydrogen (secondary N) is 1. The maximum Gasteiger partial charge on any atom is 0.293 e. The summed E-state index contributed by atoms with van der Waals surface area (Å²) in [4.78, 5) is 11.2. The Labute approximate surface area is 148 Å². The second-order valence-corrected chi connectivity index (χ2v) is 7.88. The highest BCUT2D eigenvalue weighted by atomic mass is 35.5. The minimum absolute atomic E-state index is 0.240. The number of hydrogen-bond acceptors (Lipinski definition) is 6. The van der Waals surface area contributed by atoms with Crippen LogP contribution in [0.4, 0.5) is 11.4 Å². The minimum Gasteiger partial charge on any atom is -0.379 e. The van der Waals surface area contributed by atoms with Crippen LogP contribution in [0.2, 0.25) is 5.02 Å².